The number of hydrogen-bond acceptors (Lipinski definition) is 4. The van der Waals surface area contributed by atoms with E-state index in [0.717, 1.165) is 16.6 Å². The standard InChI is InChI=1S/C22H26N4O3/c1-14(2)17-6-4-5-7-20(17)29-15(3)21(27)23-10-11-24-22(28)16-8-9-18-19(12-16)26-13-25-18/h4-9,12-15H,10-11H2,1-3H3,(H,23,27)(H,24,28)(H,25,26). The van der Waals surface area contributed by atoms with E-state index in [2.05, 4.69) is 34.4 Å². The van der Waals surface area contributed by atoms with Gasteiger partial charge in [-0.05, 0) is 42.7 Å². The third kappa shape index (κ3) is 5.13. The molecule has 152 valence electrons. The molecule has 0 radical (unpaired) electrons. The highest BCUT2D eigenvalue weighted by Crippen LogP contribution is 2.26. The van der Waals surface area contributed by atoms with E-state index in [-0.39, 0.29) is 11.8 Å². The molecule has 7 heteroatoms. The second-order valence-electron chi connectivity index (χ2n) is 7.13. The van der Waals surface area contributed by atoms with Gasteiger partial charge >= 0.3 is 0 Å². The minimum Gasteiger partial charge on any atom is -0.481 e. The van der Waals surface area contributed by atoms with Crippen LogP contribution < -0.4 is 15.4 Å². The van der Waals surface area contributed by atoms with Crippen LogP contribution in [0.5, 0.6) is 5.75 Å². The molecule has 1 atom stereocenters. The summed E-state index contributed by atoms with van der Waals surface area (Å²) in [4.78, 5) is 31.7. The van der Waals surface area contributed by atoms with Crippen molar-refractivity contribution in [1.82, 2.24) is 20.6 Å². The van der Waals surface area contributed by atoms with Gasteiger partial charge in [-0.2, -0.15) is 0 Å². The molecule has 0 bridgehead atoms. The molecule has 1 heterocycles. The molecule has 0 saturated carbocycles. The number of fused-ring (bicyclic) bond motifs is 1. The summed E-state index contributed by atoms with van der Waals surface area (Å²) in [7, 11) is 0. The van der Waals surface area contributed by atoms with Gasteiger partial charge in [0.1, 0.15) is 5.75 Å². The number of nitrogens with zero attached hydrogens (tertiary/aromatic N) is 1. The van der Waals surface area contributed by atoms with Crippen LogP contribution in [0.4, 0.5) is 0 Å². The van der Waals surface area contributed by atoms with Gasteiger partial charge < -0.3 is 20.4 Å². The number of H-pyrrole nitrogens is 1. The average molecular weight is 394 g/mol. The van der Waals surface area contributed by atoms with E-state index in [0.29, 0.717) is 30.3 Å². The van der Waals surface area contributed by atoms with Gasteiger partial charge in [-0.15, -0.1) is 0 Å². The normalized spacial score (nSPS) is 12.0. The van der Waals surface area contributed by atoms with Crippen LogP contribution >= 0.6 is 0 Å². The summed E-state index contributed by atoms with van der Waals surface area (Å²) >= 11 is 0. The van der Waals surface area contributed by atoms with Crippen molar-refractivity contribution in [1.29, 1.82) is 0 Å². The van der Waals surface area contributed by atoms with E-state index < -0.39 is 6.10 Å². The number of benzene rings is 2. The highest BCUT2D eigenvalue weighted by molar-refractivity contribution is 5.97. The molecule has 0 saturated heterocycles. The van der Waals surface area contributed by atoms with E-state index in [4.69, 9.17) is 4.74 Å². The average Bonchev–Trinajstić information content (AvgIpc) is 3.18. The number of imidazole rings is 1. The lowest BCUT2D eigenvalue weighted by molar-refractivity contribution is -0.127. The maximum Gasteiger partial charge on any atom is 0.260 e. The summed E-state index contributed by atoms with van der Waals surface area (Å²) in [5, 5.41) is 5.58. The molecule has 1 aromatic heterocycles. The van der Waals surface area contributed by atoms with Crippen LogP contribution in [0.2, 0.25) is 0 Å². The van der Waals surface area contributed by atoms with Gasteiger partial charge in [0, 0.05) is 18.7 Å². The molecule has 1 unspecified atom stereocenters. The van der Waals surface area contributed by atoms with Gasteiger partial charge in [-0.1, -0.05) is 32.0 Å². The van der Waals surface area contributed by atoms with Gasteiger partial charge in [0.25, 0.3) is 11.8 Å². The third-order valence-electron chi connectivity index (χ3n) is 4.61. The van der Waals surface area contributed by atoms with Gasteiger partial charge in [0.05, 0.1) is 17.4 Å². The van der Waals surface area contributed by atoms with E-state index in [1.807, 2.05) is 24.3 Å². The number of carbonyl (C=O) groups is 2. The molecule has 0 fully saturated rings. The van der Waals surface area contributed by atoms with E-state index in [1.165, 1.54) is 0 Å². The third-order valence-corrected chi connectivity index (χ3v) is 4.61. The first-order valence-corrected chi connectivity index (χ1v) is 9.70. The molecular weight excluding hydrogens is 368 g/mol. The lowest BCUT2D eigenvalue weighted by atomic mass is 10.0. The quantitative estimate of drug-likeness (QED) is 0.512. The number of nitrogens with one attached hydrogen (secondary N) is 3. The number of amides is 2. The first-order chi connectivity index (χ1) is 14.0. The van der Waals surface area contributed by atoms with Gasteiger partial charge in [-0.25, -0.2) is 4.98 Å². The molecule has 0 aliphatic heterocycles. The van der Waals surface area contributed by atoms with Crippen LogP contribution in [0.1, 0.15) is 42.6 Å². The fourth-order valence-electron chi connectivity index (χ4n) is 2.99. The molecule has 0 aliphatic carbocycles. The maximum atomic E-state index is 12.3. The maximum absolute atomic E-state index is 12.3. The Morgan fingerprint density at radius 3 is 2.62 bits per heavy atom. The van der Waals surface area contributed by atoms with Crippen molar-refractivity contribution in [2.24, 2.45) is 0 Å². The SMILES string of the molecule is CC(Oc1ccccc1C(C)C)C(=O)NCCNC(=O)c1ccc2nc[nH]c2c1. The zero-order chi connectivity index (χ0) is 20.8. The van der Waals surface area contributed by atoms with Crippen LogP contribution in [-0.2, 0) is 4.79 Å². The van der Waals surface area contributed by atoms with Crippen LogP contribution in [0.25, 0.3) is 11.0 Å². The monoisotopic (exact) mass is 394 g/mol. The molecular formula is C22H26N4O3. The topological polar surface area (TPSA) is 96.1 Å². The Labute approximate surface area is 169 Å². The van der Waals surface area contributed by atoms with E-state index in [1.54, 1.807) is 31.5 Å². The molecule has 0 spiro atoms. The van der Waals surface area contributed by atoms with E-state index in [9.17, 15) is 9.59 Å². The Morgan fingerprint density at radius 1 is 1.07 bits per heavy atom. The van der Waals surface area contributed by atoms with Crippen molar-refractivity contribution in [3.8, 4) is 5.75 Å². The summed E-state index contributed by atoms with van der Waals surface area (Å²) in [6, 6.07) is 13.0. The summed E-state index contributed by atoms with van der Waals surface area (Å²) in [5.41, 5.74) is 3.21. The minimum atomic E-state index is -0.631. The smallest absolute Gasteiger partial charge is 0.260 e. The number of para-hydroxylation sites is 1. The Balaban J connectivity index is 1.45. The molecule has 3 aromatic rings. The molecule has 2 aromatic carbocycles. The number of hydrogen-bond donors (Lipinski definition) is 3. The number of aromatic nitrogens is 2. The number of aromatic amines is 1. The van der Waals surface area contributed by atoms with Crippen molar-refractivity contribution in [2.45, 2.75) is 32.8 Å². The van der Waals surface area contributed by atoms with Crippen LogP contribution in [0, 0.1) is 0 Å². The molecule has 29 heavy (non-hydrogen) atoms. The minimum absolute atomic E-state index is 0.203. The van der Waals surface area contributed by atoms with Crippen molar-refractivity contribution < 1.29 is 14.3 Å². The number of rotatable bonds is 8. The summed E-state index contributed by atoms with van der Waals surface area (Å²) in [6.45, 7) is 6.52. The predicted molar refractivity (Wildman–Crippen MR) is 112 cm³/mol. The lowest BCUT2D eigenvalue weighted by Gasteiger charge is -2.18. The lowest BCUT2D eigenvalue weighted by Crippen LogP contribution is -2.40. The van der Waals surface area contributed by atoms with Crippen molar-refractivity contribution in [2.75, 3.05) is 13.1 Å². The number of ether oxygens (including phenoxy) is 1. The Hall–Kier alpha value is -3.35. The van der Waals surface area contributed by atoms with Crippen molar-refractivity contribution in [3.05, 3.63) is 59.9 Å². The van der Waals surface area contributed by atoms with Gasteiger partial charge in [0.2, 0.25) is 0 Å². The van der Waals surface area contributed by atoms with Crippen molar-refractivity contribution >= 4 is 22.8 Å². The second kappa shape index (κ2) is 9.23. The zero-order valence-electron chi connectivity index (χ0n) is 16.9. The molecule has 0 aliphatic rings. The van der Waals surface area contributed by atoms with Crippen LogP contribution in [-0.4, -0.2) is 41.0 Å². The highest BCUT2D eigenvalue weighted by atomic mass is 16.5. The largest absolute Gasteiger partial charge is 0.481 e. The van der Waals surface area contributed by atoms with Gasteiger partial charge in [0.15, 0.2) is 6.10 Å². The Morgan fingerprint density at radius 2 is 1.83 bits per heavy atom. The summed E-state index contributed by atoms with van der Waals surface area (Å²) in [6.07, 6.45) is 0.957. The zero-order valence-corrected chi connectivity index (χ0v) is 16.9. The molecule has 2 amide bonds. The highest BCUT2D eigenvalue weighted by Gasteiger charge is 2.17. The first kappa shape index (κ1) is 20.4. The fraction of sp³-hybridized carbons (Fsp3) is 0.318. The summed E-state index contributed by atoms with van der Waals surface area (Å²) < 4.78 is 5.84. The first-order valence-electron chi connectivity index (χ1n) is 9.70. The Bertz CT molecular complexity index is 996. The molecule has 3 rings (SSSR count). The fourth-order valence-corrected chi connectivity index (χ4v) is 2.99. The van der Waals surface area contributed by atoms with Crippen LogP contribution in [0.3, 0.4) is 0 Å². The number of carbonyl (C=O) groups excluding carboxylic acids is 2. The van der Waals surface area contributed by atoms with Gasteiger partial charge in [-0.3, -0.25) is 9.59 Å². The Kier molecular flexibility index (Phi) is 6.49. The van der Waals surface area contributed by atoms with Crippen LogP contribution in [0.15, 0.2) is 48.8 Å². The molecule has 3 N–H and O–H groups in total. The second-order valence-corrected chi connectivity index (χ2v) is 7.13. The van der Waals surface area contributed by atoms with Crippen molar-refractivity contribution in [3.63, 3.8) is 0 Å². The van der Waals surface area contributed by atoms with E-state index >= 15 is 0 Å². The predicted octanol–water partition coefficient (Wildman–Crippen LogP) is 3.00. The molecule has 7 nitrogen and oxygen atoms in total. The summed E-state index contributed by atoms with van der Waals surface area (Å²) in [5.74, 6) is 0.591.